The molecule has 4 atom stereocenters. The summed E-state index contributed by atoms with van der Waals surface area (Å²) in [5.74, 6) is 0.543. The van der Waals surface area contributed by atoms with Crippen molar-refractivity contribution >= 4 is 28.3 Å². The van der Waals surface area contributed by atoms with Crippen LogP contribution in [0, 0.1) is 11.8 Å². The fourth-order valence-corrected chi connectivity index (χ4v) is 4.45. The van der Waals surface area contributed by atoms with E-state index in [1.165, 1.54) is 6.26 Å². The maximum Gasteiger partial charge on any atom is 0.220 e. The third-order valence-corrected chi connectivity index (χ3v) is 5.48. The fourth-order valence-electron chi connectivity index (χ4n) is 3.59. The number of hydrogen-bond donors (Lipinski definition) is 3. The van der Waals surface area contributed by atoms with Gasteiger partial charge in [0.15, 0.2) is 0 Å². The normalized spacial score (nSPS) is 31.7. The average molecular weight is 354 g/mol. The molecule has 0 bridgehead atoms. The molecule has 8 heteroatoms. The topological polar surface area (TPSA) is 101 Å². The monoisotopic (exact) mass is 353 g/mol. The smallest absolute Gasteiger partial charge is 0.220 e. The van der Waals surface area contributed by atoms with E-state index in [-0.39, 0.29) is 36.3 Å². The lowest BCUT2D eigenvalue weighted by Crippen LogP contribution is -2.42. The van der Waals surface area contributed by atoms with E-state index in [0.717, 1.165) is 38.5 Å². The SMILES string of the molecule is CS(=O)(=O)NC1CCCC1CNC(=O)C[C@@H]1CCC[C@H]1N.Cl. The van der Waals surface area contributed by atoms with Crippen molar-refractivity contribution in [1.82, 2.24) is 10.0 Å². The third-order valence-electron chi connectivity index (χ3n) is 4.75. The Morgan fingerprint density at radius 3 is 2.36 bits per heavy atom. The Bertz CT molecular complexity index is 472. The van der Waals surface area contributed by atoms with E-state index in [4.69, 9.17) is 5.73 Å². The van der Waals surface area contributed by atoms with Crippen LogP contribution in [-0.4, -0.2) is 39.2 Å². The zero-order valence-electron chi connectivity index (χ0n) is 13.1. The summed E-state index contributed by atoms with van der Waals surface area (Å²) in [6, 6.07) is 0.107. The number of halogens is 1. The molecule has 22 heavy (non-hydrogen) atoms. The first kappa shape index (κ1) is 19.7. The van der Waals surface area contributed by atoms with Crippen LogP contribution in [0.5, 0.6) is 0 Å². The molecule has 0 aromatic carbocycles. The van der Waals surface area contributed by atoms with Crippen LogP contribution in [0.1, 0.15) is 44.9 Å². The van der Waals surface area contributed by atoms with Crippen LogP contribution in [-0.2, 0) is 14.8 Å². The first-order chi connectivity index (χ1) is 9.85. The minimum Gasteiger partial charge on any atom is -0.356 e. The molecule has 2 fully saturated rings. The van der Waals surface area contributed by atoms with Gasteiger partial charge in [-0.15, -0.1) is 12.4 Å². The number of nitrogens with one attached hydrogen (secondary N) is 2. The van der Waals surface area contributed by atoms with Gasteiger partial charge in [0.2, 0.25) is 15.9 Å². The molecule has 4 N–H and O–H groups in total. The Balaban J connectivity index is 0.00000242. The van der Waals surface area contributed by atoms with Gasteiger partial charge in [0.1, 0.15) is 0 Å². The van der Waals surface area contributed by atoms with Crippen LogP contribution in [0.3, 0.4) is 0 Å². The number of amides is 1. The standard InChI is InChI=1S/C14H27N3O3S.ClH/c1-21(19,20)17-13-7-3-5-11(13)9-16-14(18)8-10-4-2-6-12(10)15;/h10-13,17H,2-9,15H2,1H3,(H,16,18);1H/t10-,11?,12+,13?;/m0./s1. The molecule has 0 spiro atoms. The minimum atomic E-state index is -3.18. The van der Waals surface area contributed by atoms with Gasteiger partial charge < -0.3 is 11.1 Å². The van der Waals surface area contributed by atoms with Gasteiger partial charge in [-0.2, -0.15) is 0 Å². The Labute approximate surface area is 139 Å². The van der Waals surface area contributed by atoms with Crippen molar-refractivity contribution in [2.45, 2.75) is 57.0 Å². The Morgan fingerprint density at radius 1 is 1.14 bits per heavy atom. The number of sulfonamides is 1. The Morgan fingerprint density at radius 2 is 1.77 bits per heavy atom. The highest BCUT2D eigenvalue weighted by molar-refractivity contribution is 7.88. The van der Waals surface area contributed by atoms with E-state index < -0.39 is 10.0 Å². The highest BCUT2D eigenvalue weighted by atomic mass is 35.5. The lowest BCUT2D eigenvalue weighted by atomic mass is 9.99. The summed E-state index contributed by atoms with van der Waals surface area (Å²) >= 11 is 0. The van der Waals surface area contributed by atoms with E-state index in [1.807, 2.05) is 0 Å². The maximum atomic E-state index is 12.0. The third kappa shape index (κ3) is 6.02. The Kier molecular flexibility index (Phi) is 7.58. The van der Waals surface area contributed by atoms with Crippen molar-refractivity contribution in [3.63, 3.8) is 0 Å². The molecule has 6 nitrogen and oxygen atoms in total. The van der Waals surface area contributed by atoms with Crippen LogP contribution in [0.25, 0.3) is 0 Å². The molecule has 0 saturated heterocycles. The number of rotatable bonds is 6. The van der Waals surface area contributed by atoms with E-state index in [2.05, 4.69) is 10.0 Å². The molecule has 2 saturated carbocycles. The summed E-state index contributed by atoms with van der Waals surface area (Å²) in [7, 11) is -3.18. The van der Waals surface area contributed by atoms with Gasteiger partial charge in [0.05, 0.1) is 6.26 Å². The summed E-state index contributed by atoms with van der Waals surface area (Å²) in [4.78, 5) is 12.0. The summed E-state index contributed by atoms with van der Waals surface area (Å²) in [6.45, 7) is 0.550. The summed E-state index contributed by atoms with van der Waals surface area (Å²) in [6.07, 6.45) is 7.65. The van der Waals surface area contributed by atoms with Gasteiger partial charge in [-0.25, -0.2) is 13.1 Å². The van der Waals surface area contributed by atoms with Crippen molar-refractivity contribution in [3.8, 4) is 0 Å². The highest BCUT2D eigenvalue weighted by Gasteiger charge is 2.30. The molecule has 0 aliphatic heterocycles. The van der Waals surface area contributed by atoms with Crippen molar-refractivity contribution in [2.75, 3.05) is 12.8 Å². The predicted molar refractivity (Wildman–Crippen MR) is 89.3 cm³/mol. The van der Waals surface area contributed by atoms with Gasteiger partial charge in [-0.3, -0.25) is 4.79 Å². The second kappa shape index (κ2) is 8.47. The molecule has 0 aromatic rings. The first-order valence-electron chi connectivity index (χ1n) is 7.85. The average Bonchev–Trinajstić information content (AvgIpc) is 2.95. The van der Waals surface area contributed by atoms with E-state index >= 15 is 0 Å². The van der Waals surface area contributed by atoms with Gasteiger partial charge >= 0.3 is 0 Å². The van der Waals surface area contributed by atoms with E-state index in [9.17, 15) is 13.2 Å². The largest absolute Gasteiger partial charge is 0.356 e. The first-order valence-corrected chi connectivity index (χ1v) is 9.74. The zero-order chi connectivity index (χ0) is 15.5. The van der Waals surface area contributed by atoms with Crippen molar-refractivity contribution < 1.29 is 13.2 Å². The molecule has 2 aliphatic rings. The van der Waals surface area contributed by atoms with Gasteiger partial charge in [0, 0.05) is 25.0 Å². The lowest BCUT2D eigenvalue weighted by molar-refractivity contribution is -0.122. The van der Waals surface area contributed by atoms with Crippen LogP contribution in [0.2, 0.25) is 0 Å². The second-order valence-electron chi connectivity index (χ2n) is 6.55. The molecule has 2 aliphatic carbocycles. The maximum absolute atomic E-state index is 12.0. The molecule has 130 valence electrons. The summed E-state index contributed by atoms with van der Waals surface area (Å²) < 4.78 is 25.3. The highest BCUT2D eigenvalue weighted by Crippen LogP contribution is 2.27. The molecule has 0 aromatic heterocycles. The molecular weight excluding hydrogens is 326 g/mol. The van der Waals surface area contributed by atoms with Crippen molar-refractivity contribution in [3.05, 3.63) is 0 Å². The summed E-state index contributed by atoms with van der Waals surface area (Å²) in [5, 5.41) is 2.96. The minimum absolute atomic E-state index is 0. The van der Waals surface area contributed by atoms with Crippen LogP contribution >= 0.6 is 12.4 Å². The zero-order valence-corrected chi connectivity index (χ0v) is 14.7. The number of carbonyl (C=O) groups excluding carboxylic acids is 1. The van der Waals surface area contributed by atoms with Gasteiger partial charge in [-0.05, 0) is 37.5 Å². The number of nitrogens with two attached hydrogens (primary N) is 1. The number of carbonyl (C=O) groups is 1. The molecule has 2 unspecified atom stereocenters. The predicted octanol–water partition coefficient (Wildman–Crippen LogP) is 0.760. The fraction of sp³-hybridized carbons (Fsp3) is 0.929. The molecular formula is C14H28ClN3O3S. The van der Waals surface area contributed by atoms with Crippen LogP contribution in [0.15, 0.2) is 0 Å². The Hall–Kier alpha value is -0.370. The molecule has 0 heterocycles. The molecule has 0 radical (unpaired) electrons. The van der Waals surface area contributed by atoms with Crippen molar-refractivity contribution in [2.24, 2.45) is 17.6 Å². The van der Waals surface area contributed by atoms with E-state index in [0.29, 0.717) is 18.9 Å². The number of hydrogen-bond acceptors (Lipinski definition) is 4. The van der Waals surface area contributed by atoms with Gasteiger partial charge in [0.25, 0.3) is 0 Å². The summed E-state index contributed by atoms with van der Waals surface area (Å²) in [5.41, 5.74) is 5.98. The van der Waals surface area contributed by atoms with Crippen LogP contribution in [0.4, 0.5) is 0 Å². The molecule has 2 rings (SSSR count). The van der Waals surface area contributed by atoms with Crippen molar-refractivity contribution in [1.29, 1.82) is 0 Å². The van der Waals surface area contributed by atoms with Crippen LogP contribution < -0.4 is 15.8 Å². The van der Waals surface area contributed by atoms with E-state index in [1.54, 1.807) is 0 Å². The van der Waals surface area contributed by atoms with Gasteiger partial charge in [-0.1, -0.05) is 12.8 Å². The quantitative estimate of drug-likeness (QED) is 0.656. The lowest BCUT2D eigenvalue weighted by Gasteiger charge is -2.21. The molecule has 1 amide bonds. The second-order valence-corrected chi connectivity index (χ2v) is 8.33.